The Kier molecular flexibility index (Phi) is 4.14. The number of rotatable bonds is 2. The lowest BCUT2D eigenvalue weighted by Gasteiger charge is -2.28. The second-order valence-electron chi connectivity index (χ2n) is 4.57. The highest BCUT2D eigenvalue weighted by Crippen LogP contribution is 2.15. The number of piperidine rings is 1. The summed E-state index contributed by atoms with van der Waals surface area (Å²) in [6.45, 7) is 3.66. The van der Waals surface area contributed by atoms with Gasteiger partial charge in [-0.15, -0.1) is 0 Å². The Morgan fingerprint density at radius 2 is 2.11 bits per heavy atom. The van der Waals surface area contributed by atoms with Gasteiger partial charge in [-0.2, -0.15) is 0 Å². The zero-order valence-electron chi connectivity index (χ0n) is 10.5. The van der Waals surface area contributed by atoms with E-state index < -0.39 is 5.97 Å². The highest BCUT2D eigenvalue weighted by Gasteiger charge is 2.22. The summed E-state index contributed by atoms with van der Waals surface area (Å²) in [6, 6.07) is 1.59. The number of ether oxygens (including phenoxy) is 1. The van der Waals surface area contributed by atoms with Gasteiger partial charge in [0.25, 0.3) is 0 Å². The Morgan fingerprint density at radius 1 is 1.44 bits per heavy atom. The maximum atomic E-state index is 11.9. The number of carbonyl (C=O) groups excluding carboxylic acids is 1. The van der Waals surface area contributed by atoms with Crippen LogP contribution in [0.5, 0.6) is 0 Å². The van der Waals surface area contributed by atoms with Crippen molar-refractivity contribution in [1.29, 1.82) is 0 Å². The SMILES string of the molecule is Cc1cc(C(=O)OC2CCN(C)CC2)nc(Cl)n1. The first-order valence-corrected chi connectivity index (χ1v) is 6.33. The van der Waals surface area contributed by atoms with Gasteiger partial charge in [-0.1, -0.05) is 0 Å². The van der Waals surface area contributed by atoms with E-state index in [1.165, 1.54) is 0 Å². The smallest absolute Gasteiger partial charge is 0.357 e. The van der Waals surface area contributed by atoms with Crippen LogP contribution < -0.4 is 0 Å². The van der Waals surface area contributed by atoms with Crippen molar-refractivity contribution >= 4 is 17.6 Å². The molecule has 0 N–H and O–H groups in total. The van der Waals surface area contributed by atoms with Crippen LogP contribution in [-0.2, 0) is 4.74 Å². The van der Waals surface area contributed by atoms with Crippen LogP contribution in [0.3, 0.4) is 0 Å². The predicted octanol–water partition coefficient (Wildman–Crippen LogP) is 1.69. The molecule has 1 fully saturated rings. The largest absolute Gasteiger partial charge is 0.458 e. The van der Waals surface area contributed by atoms with E-state index in [0.29, 0.717) is 5.69 Å². The maximum absolute atomic E-state index is 11.9. The van der Waals surface area contributed by atoms with Crippen LogP contribution in [0.2, 0.25) is 5.28 Å². The molecule has 0 radical (unpaired) electrons. The first-order chi connectivity index (χ1) is 8.54. The molecule has 1 saturated heterocycles. The van der Waals surface area contributed by atoms with Gasteiger partial charge in [0.15, 0.2) is 5.69 Å². The van der Waals surface area contributed by atoms with Crippen LogP contribution in [0.25, 0.3) is 0 Å². The van der Waals surface area contributed by atoms with Crippen molar-refractivity contribution < 1.29 is 9.53 Å². The van der Waals surface area contributed by atoms with E-state index in [1.54, 1.807) is 13.0 Å². The highest BCUT2D eigenvalue weighted by atomic mass is 35.5. The molecular weight excluding hydrogens is 254 g/mol. The molecule has 0 saturated carbocycles. The number of halogens is 1. The molecule has 0 aliphatic carbocycles. The fourth-order valence-corrected chi connectivity index (χ4v) is 2.18. The average molecular weight is 270 g/mol. The minimum atomic E-state index is -0.419. The van der Waals surface area contributed by atoms with Crippen molar-refractivity contribution in [3.05, 3.63) is 22.7 Å². The molecule has 0 aromatic carbocycles. The quantitative estimate of drug-likeness (QED) is 0.604. The normalized spacial score (nSPS) is 17.7. The average Bonchev–Trinajstić information content (AvgIpc) is 2.31. The minimum Gasteiger partial charge on any atom is -0.458 e. The van der Waals surface area contributed by atoms with Gasteiger partial charge < -0.3 is 9.64 Å². The monoisotopic (exact) mass is 269 g/mol. The summed E-state index contributed by atoms with van der Waals surface area (Å²) in [5.74, 6) is -0.419. The Morgan fingerprint density at radius 3 is 2.72 bits per heavy atom. The standard InChI is InChI=1S/C12H16ClN3O2/c1-8-7-10(15-12(13)14-8)11(17)18-9-3-5-16(2)6-4-9/h7,9H,3-6H2,1-2H3. The number of aryl methyl sites for hydroxylation is 1. The van der Waals surface area contributed by atoms with Crippen LogP contribution in [0.4, 0.5) is 0 Å². The van der Waals surface area contributed by atoms with Crippen LogP contribution in [0.1, 0.15) is 29.0 Å². The van der Waals surface area contributed by atoms with E-state index in [9.17, 15) is 4.79 Å². The van der Waals surface area contributed by atoms with Crippen molar-refractivity contribution in [2.45, 2.75) is 25.9 Å². The van der Waals surface area contributed by atoms with Crippen molar-refractivity contribution in [3.8, 4) is 0 Å². The van der Waals surface area contributed by atoms with Gasteiger partial charge in [0.05, 0.1) is 0 Å². The summed E-state index contributed by atoms with van der Waals surface area (Å²) in [5.41, 5.74) is 0.886. The van der Waals surface area contributed by atoms with Gasteiger partial charge in [0.2, 0.25) is 5.28 Å². The van der Waals surface area contributed by atoms with Crippen molar-refractivity contribution in [2.24, 2.45) is 0 Å². The molecule has 98 valence electrons. The molecule has 1 aromatic heterocycles. The summed E-state index contributed by atoms with van der Waals surface area (Å²) >= 11 is 5.72. The predicted molar refractivity (Wildman–Crippen MR) is 67.7 cm³/mol. The first-order valence-electron chi connectivity index (χ1n) is 5.95. The lowest BCUT2D eigenvalue weighted by molar-refractivity contribution is 0.0133. The van der Waals surface area contributed by atoms with Crippen LogP contribution in [-0.4, -0.2) is 47.1 Å². The number of hydrogen-bond acceptors (Lipinski definition) is 5. The molecule has 5 nitrogen and oxygen atoms in total. The number of esters is 1. The number of hydrogen-bond donors (Lipinski definition) is 0. The number of carbonyl (C=O) groups is 1. The number of aromatic nitrogens is 2. The molecule has 1 aliphatic heterocycles. The van der Waals surface area contributed by atoms with E-state index >= 15 is 0 Å². The summed E-state index contributed by atoms with van der Waals surface area (Å²) in [5, 5.41) is 0.0744. The Hall–Kier alpha value is -1.20. The molecule has 18 heavy (non-hydrogen) atoms. The second kappa shape index (κ2) is 5.63. The lowest BCUT2D eigenvalue weighted by atomic mass is 10.1. The molecule has 6 heteroatoms. The van der Waals surface area contributed by atoms with Crippen molar-refractivity contribution in [1.82, 2.24) is 14.9 Å². The molecule has 0 bridgehead atoms. The van der Waals surface area contributed by atoms with Gasteiger partial charge >= 0.3 is 5.97 Å². The summed E-state index contributed by atoms with van der Waals surface area (Å²) in [7, 11) is 2.06. The van der Waals surface area contributed by atoms with Crippen LogP contribution in [0, 0.1) is 6.92 Å². The minimum absolute atomic E-state index is 0.0252. The van der Waals surface area contributed by atoms with E-state index in [4.69, 9.17) is 16.3 Å². The Bertz CT molecular complexity index is 425. The lowest BCUT2D eigenvalue weighted by Crippen LogP contribution is -2.35. The second-order valence-corrected chi connectivity index (χ2v) is 4.91. The summed E-state index contributed by atoms with van der Waals surface area (Å²) in [6.07, 6.45) is 1.70. The van der Waals surface area contributed by atoms with Crippen molar-refractivity contribution in [3.63, 3.8) is 0 Å². The molecule has 2 rings (SSSR count). The zero-order valence-corrected chi connectivity index (χ0v) is 11.3. The molecular formula is C12H16ClN3O2. The Balaban J connectivity index is 1.99. The van der Waals surface area contributed by atoms with Gasteiger partial charge in [0, 0.05) is 18.8 Å². The fraction of sp³-hybridized carbons (Fsp3) is 0.583. The van der Waals surface area contributed by atoms with Gasteiger partial charge in [-0.25, -0.2) is 14.8 Å². The summed E-state index contributed by atoms with van der Waals surface area (Å²) < 4.78 is 5.42. The molecule has 0 unspecified atom stereocenters. The van der Waals surface area contributed by atoms with Gasteiger partial charge in [0.1, 0.15) is 6.10 Å². The molecule has 0 amide bonds. The summed E-state index contributed by atoms with van der Waals surface area (Å²) in [4.78, 5) is 21.9. The third-order valence-corrected chi connectivity index (χ3v) is 3.14. The zero-order chi connectivity index (χ0) is 13.1. The van der Waals surface area contributed by atoms with Gasteiger partial charge in [-0.3, -0.25) is 0 Å². The van der Waals surface area contributed by atoms with Crippen LogP contribution in [0.15, 0.2) is 6.07 Å². The first kappa shape index (κ1) is 13.2. The van der Waals surface area contributed by atoms with Gasteiger partial charge in [-0.05, 0) is 44.5 Å². The molecule has 0 atom stereocenters. The Labute approximate surface area is 111 Å². The third kappa shape index (κ3) is 3.40. The van der Waals surface area contributed by atoms with Crippen molar-refractivity contribution in [2.75, 3.05) is 20.1 Å². The molecule has 1 aromatic rings. The van der Waals surface area contributed by atoms with E-state index in [0.717, 1.165) is 25.9 Å². The maximum Gasteiger partial charge on any atom is 0.357 e. The van der Waals surface area contributed by atoms with E-state index in [-0.39, 0.29) is 17.1 Å². The number of nitrogens with zero attached hydrogens (tertiary/aromatic N) is 3. The fourth-order valence-electron chi connectivity index (χ4n) is 1.95. The highest BCUT2D eigenvalue weighted by molar-refractivity contribution is 6.28. The van der Waals surface area contributed by atoms with E-state index in [2.05, 4.69) is 21.9 Å². The molecule has 1 aliphatic rings. The third-order valence-electron chi connectivity index (χ3n) is 2.98. The van der Waals surface area contributed by atoms with E-state index in [1.807, 2.05) is 0 Å². The van der Waals surface area contributed by atoms with Crippen LogP contribution >= 0.6 is 11.6 Å². The topological polar surface area (TPSA) is 55.3 Å². The number of likely N-dealkylation sites (tertiary alicyclic amines) is 1. The molecule has 2 heterocycles. The molecule has 0 spiro atoms.